The fraction of sp³-hybridized carbons (Fsp3) is 0.263. The molecule has 1 atom stereocenters. The topological polar surface area (TPSA) is 86.1 Å². The molecule has 0 aliphatic heterocycles. The van der Waals surface area contributed by atoms with Crippen LogP contribution in [0.15, 0.2) is 59.5 Å². The second-order valence-corrected chi connectivity index (χ2v) is 8.26. The summed E-state index contributed by atoms with van der Waals surface area (Å²) in [6, 6.07) is 15.3. The van der Waals surface area contributed by atoms with Gasteiger partial charge in [-0.05, 0) is 43.2 Å². The van der Waals surface area contributed by atoms with Crippen molar-refractivity contribution >= 4 is 21.6 Å². The average Bonchev–Trinajstić information content (AvgIpc) is 3.11. The van der Waals surface area contributed by atoms with Gasteiger partial charge in [-0.3, -0.25) is 4.57 Å². The van der Waals surface area contributed by atoms with E-state index in [0.717, 1.165) is 5.56 Å². The molecule has 7 nitrogen and oxygen atoms in total. The first-order valence-electron chi connectivity index (χ1n) is 8.73. The highest BCUT2D eigenvalue weighted by Gasteiger charge is 2.27. The van der Waals surface area contributed by atoms with E-state index in [1.165, 1.54) is 19.2 Å². The van der Waals surface area contributed by atoms with Crippen LogP contribution in [0.25, 0.3) is 0 Å². The first-order valence-corrected chi connectivity index (χ1v) is 10.6. The second kappa shape index (κ2) is 8.72. The largest absolute Gasteiger partial charge is 0.467 e. The number of halogens is 1. The molecule has 0 spiro atoms. The van der Waals surface area contributed by atoms with Crippen LogP contribution in [0.3, 0.4) is 0 Å². The molecule has 3 aromatic rings. The van der Waals surface area contributed by atoms with E-state index in [-0.39, 0.29) is 4.90 Å². The number of aromatic nitrogens is 3. The monoisotopic (exact) mass is 420 g/mol. The minimum absolute atomic E-state index is 0.129. The third-order valence-electron chi connectivity index (χ3n) is 4.26. The molecule has 0 aliphatic carbocycles. The number of hydrogen-bond acceptors (Lipinski definition) is 5. The van der Waals surface area contributed by atoms with Crippen LogP contribution >= 0.6 is 11.6 Å². The normalized spacial score (nSPS) is 12.7. The molecule has 0 unspecified atom stereocenters. The van der Waals surface area contributed by atoms with Gasteiger partial charge in [0.2, 0.25) is 10.0 Å². The zero-order valence-corrected chi connectivity index (χ0v) is 17.1. The lowest BCUT2D eigenvalue weighted by atomic mass is 10.1. The van der Waals surface area contributed by atoms with Crippen molar-refractivity contribution in [3.63, 3.8) is 0 Å². The minimum atomic E-state index is -3.80. The maximum absolute atomic E-state index is 13.0. The molecule has 0 saturated heterocycles. The highest BCUT2D eigenvalue weighted by molar-refractivity contribution is 7.89. The summed E-state index contributed by atoms with van der Waals surface area (Å²) < 4.78 is 35.6. The van der Waals surface area contributed by atoms with Crippen molar-refractivity contribution in [2.75, 3.05) is 7.11 Å². The second-order valence-electron chi connectivity index (χ2n) is 6.11. The SMILES string of the molecule is CCn1c(OC)nnc1[C@@H](Cc1ccccc1)NS(=O)(=O)c1ccc(Cl)cc1. The molecule has 0 fully saturated rings. The Labute approximate surface area is 169 Å². The lowest BCUT2D eigenvalue weighted by Gasteiger charge is -2.19. The van der Waals surface area contributed by atoms with Crippen LogP contribution in [0.2, 0.25) is 5.02 Å². The Morgan fingerprint density at radius 1 is 1.11 bits per heavy atom. The Bertz CT molecular complexity index is 1020. The number of benzene rings is 2. The Morgan fingerprint density at radius 2 is 1.79 bits per heavy atom. The standard InChI is InChI=1S/C19H21ClN4O3S/c1-3-24-18(21-22-19(24)27-2)17(13-14-7-5-4-6-8-14)23-28(25,26)16-11-9-15(20)10-12-16/h4-12,17,23H,3,13H2,1-2H3/t17-/m1/s1. The molecule has 3 rings (SSSR count). The van der Waals surface area contributed by atoms with E-state index in [0.29, 0.717) is 29.8 Å². The molecule has 28 heavy (non-hydrogen) atoms. The number of nitrogens with one attached hydrogen (secondary N) is 1. The van der Waals surface area contributed by atoms with Crippen LogP contribution in [-0.2, 0) is 23.0 Å². The molecule has 1 N–H and O–H groups in total. The van der Waals surface area contributed by atoms with Gasteiger partial charge in [-0.15, -0.1) is 5.10 Å². The zero-order valence-electron chi connectivity index (χ0n) is 15.5. The van der Waals surface area contributed by atoms with Crippen molar-refractivity contribution in [3.05, 3.63) is 71.0 Å². The summed E-state index contributed by atoms with van der Waals surface area (Å²) in [5, 5.41) is 8.67. The zero-order chi connectivity index (χ0) is 20.1. The molecule has 0 aliphatic rings. The maximum atomic E-state index is 13.0. The maximum Gasteiger partial charge on any atom is 0.316 e. The van der Waals surface area contributed by atoms with E-state index in [1.54, 1.807) is 16.7 Å². The van der Waals surface area contributed by atoms with Gasteiger partial charge in [0.1, 0.15) is 0 Å². The molecular weight excluding hydrogens is 400 g/mol. The van der Waals surface area contributed by atoms with E-state index in [9.17, 15) is 8.42 Å². The van der Waals surface area contributed by atoms with Crippen molar-refractivity contribution in [2.45, 2.75) is 30.8 Å². The van der Waals surface area contributed by atoms with Crippen molar-refractivity contribution in [1.29, 1.82) is 0 Å². The van der Waals surface area contributed by atoms with Crippen LogP contribution in [0.1, 0.15) is 24.4 Å². The lowest BCUT2D eigenvalue weighted by Crippen LogP contribution is -2.32. The van der Waals surface area contributed by atoms with Gasteiger partial charge in [-0.2, -0.15) is 0 Å². The summed E-state index contributed by atoms with van der Waals surface area (Å²) in [6.45, 7) is 2.46. The van der Waals surface area contributed by atoms with Gasteiger partial charge in [0.25, 0.3) is 0 Å². The van der Waals surface area contributed by atoms with Crippen LogP contribution < -0.4 is 9.46 Å². The first-order chi connectivity index (χ1) is 13.4. The fourth-order valence-electron chi connectivity index (χ4n) is 2.91. The molecular formula is C19H21ClN4O3S. The van der Waals surface area contributed by atoms with Gasteiger partial charge >= 0.3 is 6.01 Å². The predicted molar refractivity (Wildman–Crippen MR) is 107 cm³/mol. The third-order valence-corrected chi connectivity index (χ3v) is 6.00. The Balaban J connectivity index is 1.99. The van der Waals surface area contributed by atoms with E-state index < -0.39 is 16.1 Å². The van der Waals surface area contributed by atoms with Gasteiger partial charge in [0, 0.05) is 11.6 Å². The molecule has 0 saturated carbocycles. The van der Waals surface area contributed by atoms with Gasteiger partial charge in [0.15, 0.2) is 5.82 Å². The number of rotatable bonds is 8. The van der Waals surface area contributed by atoms with E-state index >= 15 is 0 Å². The molecule has 9 heteroatoms. The van der Waals surface area contributed by atoms with E-state index in [1.807, 2.05) is 37.3 Å². The quantitative estimate of drug-likeness (QED) is 0.604. The number of hydrogen-bond donors (Lipinski definition) is 1. The van der Waals surface area contributed by atoms with Crippen LogP contribution in [0.4, 0.5) is 0 Å². The van der Waals surface area contributed by atoms with Crippen molar-refractivity contribution in [3.8, 4) is 6.01 Å². The van der Waals surface area contributed by atoms with Crippen LogP contribution in [-0.4, -0.2) is 30.3 Å². The number of nitrogens with zero attached hydrogens (tertiary/aromatic N) is 3. The highest BCUT2D eigenvalue weighted by atomic mass is 35.5. The van der Waals surface area contributed by atoms with Crippen LogP contribution in [0.5, 0.6) is 6.01 Å². The lowest BCUT2D eigenvalue weighted by molar-refractivity contribution is 0.354. The van der Waals surface area contributed by atoms with Gasteiger partial charge in [-0.1, -0.05) is 47.0 Å². The summed E-state index contributed by atoms with van der Waals surface area (Å²) in [4.78, 5) is 0.129. The molecule has 1 aromatic heterocycles. The Hall–Kier alpha value is -2.42. The number of methoxy groups -OCH3 is 1. The third kappa shape index (κ3) is 4.52. The first kappa shape index (κ1) is 20.3. The Morgan fingerprint density at radius 3 is 2.39 bits per heavy atom. The smallest absolute Gasteiger partial charge is 0.316 e. The molecule has 148 valence electrons. The summed E-state index contributed by atoms with van der Waals surface area (Å²) >= 11 is 5.88. The molecule has 1 heterocycles. The minimum Gasteiger partial charge on any atom is -0.467 e. The summed E-state index contributed by atoms with van der Waals surface area (Å²) in [7, 11) is -2.29. The van der Waals surface area contributed by atoms with Gasteiger partial charge < -0.3 is 4.74 Å². The summed E-state index contributed by atoms with van der Waals surface area (Å²) in [6.07, 6.45) is 0.412. The van der Waals surface area contributed by atoms with E-state index in [2.05, 4.69) is 14.9 Å². The van der Waals surface area contributed by atoms with Crippen molar-refractivity contribution < 1.29 is 13.2 Å². The fourth-order valence-corrected chi connectivity index (χ4v) is 4.23. The van der Waals surface area contributed by atoms with Gasteiger partial charge in [-0.25, -0.2) is 13.1 Å². The molecule has 0 amide bonds. The van der Waals surface area contributed by atoms with Gasteiger partial charge in [0.05, 0.1) is 18.0 Å². The molecule has 2 aromatic carbocycles. The molecule has 0 radical (unpaired) electrons. The van der Waals surface area contributed by atoms with Crippen molar-refractivity contribution in [2.24, 2.45) is 0 Å². The molecule has 0 bridgehead atoms. The summed E-state index contributed by atoms with van der Waals surface area (Å²) in [5.41, 5.74) is 0.968. The predicted octanol–water partition coefficient (Wildman–Crippen LogP) is 3.22. The average molecular weight is 421 g/mol. The number of sulfonamides is 1. The van der Waals surface area contributed by atoms with E-state index in [4.69, 9.17) is 16.3 Å². The number of ether oxygens (including phenoxy) is 1. The highest BCUT2D eigenvalue weighted by Crippen LogP contribution is 2.24. The Kier molecular flexibility index (Phi) is 6.33. The summed E-state index contributed by atoms with van der Waals surface area (Å²) in [5.74, 6) is 0.487. The van der Waals surface area contributed by atoms with Crippen LogP contribution in [0, 0.1) is 0 Å². The van der Waals surface area contributed by atoms with Crippen molar-refractivity contribution in [1.82, 2.24) is 19.5 Å².